The number of rotatable bonds is 4. The molecule has 1 aromatic rings. The fraction of sp³-hybridized carbons (Fsp3) is 0.231. The molecule has 0 radical (unpaired) electrons. The van der Waals surface area contributed by atoms with E-state index < -0.39 is 6.10 Å². The van der Waals surface area contributed by atoms with Gasteiger partial charge >= 0.3 is 0 Å². The van der Waals surface area contributed by atoms with Crippen LogP contribution in [-0.2, 0) is 0 Å². The second-order valence-corrected chi connectivity index (χ2v) is 3.94. The third-order valence-electron chi connectivity index (χ3n) is 2.71. The maximum Gasteiger partial charge on any atom is 0.261 e. The van der Waals surface area contributed by atoms with Crippen LogP contribution in [0.25, 0.3) is 0 Å². The zero-order valence-electron chi connectivity index (χ0n) is 9.30. The number of amides is 2. The van der Waals surface area contributed by atoms with Gasteiger partial charge in [0.15, 0.2) is 0 Å². The van der Waals surface area contributed by atoms with Crippen LogP contribution in [0, 0.1) is 0 Å². The van der Waals surface area contributed by atoms with Crippen LogP contribution in [0.4, 0.5) is 0 Å². The van der Waals surface area contributed by atoms with Crippen molar-refractivity contribution < 1.29 is 14.7 Å². The van der Waals surface area contributed by atoms with Crippen LogP contribution in [-0.4, -0.2) is 34.5 Å². The molecule has 2 rings (SSSR count). The van der Waals surface area contributed by atoms with Crippen LogP contribution in [0.3, 0.4) is 0 Å². The Bertz CT molecular complexity index is 446. The fourth-order valence-corrected chi connectivity index (χ4v) is 1.88. The van der Waals surface area contributed by atoms with Crippen molar-refractivity contribution in [2.24, 2.45) is 0 Å². The van der Waals surface area contributed by atoms with Gasteiger partial charge in [-0.3, -0.25) is 14.5 Å². The first-order valence-electron chi connectivity index (χ1n) is 5.39. The van der Waals surface area contributed by atoms with E-state index in [-0.39, 0.29) is 18.4 Å². The van der Waals surface area contributed by atoms with Crippen molar-refractivity contribution in [2.45, 2.75) is 12.5 Å². The van der Waals surface area contributed by atoms with E-state index in [1.165, 1.54) is 0 Å². The molecule has 0 unspecified atom stereocenters. The molecular weight excluding hydrogens is 218 g/mol. The summed E-state index contributed by atoms with van der Waals surface area (Å²) in [5.41, 5.74) is 0.812. The molecule has 17 heavy (non-hydrogen) atoms. The second-order valence-electron chi connectivity index (χ2n) is 3.94. The van der Waals surface area contributed by atoms with Crippen molar-refractivity contribution in [3.8, 4) is 0 Å². The van der Waals surface area contributed by atoms with Crippen molar-refractivity contribution in [2.75, 3.05) is 6.54 Å². The Morgan fingerprint density at radius 2 is 1.76 bits per heavy atom. The number of β-amino-alcohol motifs (C(OH)–C–C–N with tert-alkyl or cyclic N) is 1. The SMILES string of the molecule is C=CC[C@@H](O)CN1C(=O)c2ccccc2C1=O. The van der Waals surface area contributed by atoms with Crippen LogP contribution >= 0.6 is 0 Å². The van der Waals surface area contributed by atoms with Crippen LogP contribution in [0.15, 0.2) is 36.9 Å². The van der Waals surface area contributed by atoms with E-state index in [1.807, 2.05) is 0 Å². The number of aliphatic hydroxyl groups excluding tert-OH is 1. The summed E-state index contributed by atoms with van der Waals surface area (Å²) in [6, 6.07) is 6.67. The van der Waals surface area contributed by atoms with Crippen molar-refractivity contribution in [1.82, 2.24) is 4.90 Å². The van der Waals surface area contributed by atoms with Gasteiger partial charge in [-0.25, -0.2) is 0 Å². The molecule has 1 heterocycles. The lowest BCUT2D eigenvalue weighted by Gasteiger charge is -2.17. The minimum absolute atomic E-state index is 0.0123. The van der Waals surface area contributed by atoms with Gasteiger partial charge in [0.05, 0.1) is 23.8 Å². The van der Waals surface area contributed by atoms with Gasteiger partial charge in [0.1, 0.15) is 0 Å². The molecule has 0 saturated heterocycles. The highest BCUT2D eigenvalue weighted by Gasteiger charge is 2.35. The molecule has 0 saturated carbocycles. The molecule has 4 nitrogen and oxygen atoms in total. The molecule has 1 aliphatic rings. The topological polar surface area (TPSA) is 57.6 Å². The summed E-state index contributed by atoms with van der Waals surface area (Å²) in [6.07, 6.45) is 1.16. The maximum atomic E-state index is 11.9. The summed E-state index contributed by atoms with van der Waals surface area (Å²) < 4.78 is 0. The van der Waals surface area contributed by atoms with Gasteiger partial charge in [0, 0.05) is 0 Å². The monoisotopic (exact) mass is 231 g/mol. The number of hydrogen-bond acceptors (Lipinski definition) is 3. The number of hydrogen-bond donors (Lipinski definition) is 1. The van der Waals surface area contributed by atoms with Crippen LogP contribution in [0.2, 0.25) is 0 Å². The number of carbonyl (C=O) groups excluding carboxylic acids is 2. The van der Waals surface area contributed by atoms with Gasteiger partial charge < -0.3 is 5.11 Å². The van der Waals surface area contributed by atoms with Crippen molar-refractivity contribution >= 4 is 11.8 Å². The van der Waals surface area contributed by atoms with Gasteiger partial charge in [-0.05, 0) is 18.6 Å². The molecule has 0 spiro atoms. The lowest BCUT2D eigenvalue weighted by atomic mass is 10.1. The number of benzene rings is 1. The first kappa shape index (κ1) is 11.5. The van der Waals surface area contributed by atoms with Gasteiger partial charge in [-0.15, -0.1) is 6.58 Å². The summed E-state index contributed by atoms with van der Waals surface area (Å²) in [5, 5.41) is 9.61. The number of carbonyl (C=O) groups is 2. The standard InChI is InChI=1S/C13H13NO3/c1-2-5-9(15)8-14-12(16)10-6-3-4-7-11(10)13(14)17/h2-4,6-7,9,15H,1,5,8H2/t9-/m1/s1. The number of fused-ring (bicyclic) bond motifs is 1. The van der Waals surface area contributed by atoms with E-state index in [1.54, 1.807) is 30.3 Å². The Hall–Kier alpha value is -1.94. The molecule has 1 atom stereocenters. The fourth-order valence-electron chi connectivity index (χ4n) is 1.88. The van der Waals surface area contributed by atoms with Gasteiger partial charge in [0.25, 0.3) is 11.8 Å². The number of imide groups is 1. The van der Waals surface area contributed by atoms with Crippen molar-refractivity contribution in [1.29, 1.82) is 0 Å². The zero-order valence-corrected chi connectivity index (χ0v) is 9.30. The van der Waals surface area contributed by atoms with Gasteiger partial charge in [-0.1, -0.05) is 18.2 Å². The second kappa shape index (κ2) is 4.51. The lowest BCUT2D eigenvalue weighted by molar-refractivity contribution is 0.0547. The Morgan fingerprint density at radius 1 is 1.24 bits per heavy atom. The van der Waals surface area contributed by atoms with Crippen LogP contribution < -0.4 is 0 Å². The predicted molar refractivity (Wildman–Crippen MR) is 62.6 cm³/mol. The molecular formula is C13H13NO3. The van der Waals surface area contributed by atoms with Crippen LogP contribution in [0.5, 0.6) is 0 Å². The third-order valence-corrected chi connectivity index (χ3v) is 2.71. The molecule has 2 amide bonds. The largest absolute Gasteiger partial charge is 0.391 e. The van der Waals surface area contributed by atoms with E-state index in [9.17, 15) is 14.7 Å². The van der Waals surface area contributed by atoms with E-state index in [0.29, 0.717) is 17.5 Å². The molecule has 1 aliphatic heterocycles. The molecule has 0 fully saturated rings. The summed E-state index contributed by atoms with van der Waals surface area (Å²) in [6.45, 7) is 3.52. The summed E-state index contributed by atoms with van der Waals surface area (Å²) in [5.74, 6) is -0.678. The Labute approximate surface area is 99.2 Å². The summed E-state index contributed by atoms with van der Waals surface area (Å²) >= 11 is 0. The van der Waals surface area contributed by atoms with Crippen molar-refractivity contribution in [3.63, 3.8) is 0 Å². The van der Waals surface area contributed by atoms with E-state index >= 15 is 0 Å². The summed E-state index contributed by atoms with van der Waals surface area (Å²) in [7, 11) is 0. The molecule has 1 N–H and O–H groups in total. The minimum atomic E-state index is -0.755. The minimum Gasteiger partial charge on any atom is -0.391 e. The van der Waals surface area contributed by atoms with Gasteiger partial charge in [0.2, 0.25) is 0 Å². The van der Waals surface area contributed by atoms with E-state index in [0.717, 1.165) is 4.90 Å². The zero-order chi connectivity index (χ0) is 12.4. The van der Waals surface area contributed by atoms with Gasteiger partial charge in [-0.2, -0.15) is 0 Å². The summed E-state index contributed by atoms with van der Waals surface area (Å²) in [4.78, 5) is 24.9. The highest BCUT2D eigenvalue weighted by molar-refractivity contribution is 6.21. The maximum absolute atomic E-state index is 11.9. The highest BCUT2D eigenvalue weighted by atomic mass is 16.3. The van der Waals surface area contributed by atoms with Crippen molar-refractivity contribution in [3.05, 3.63) is 48.0 Å². The van der Waals surface area contributed by atoms with Crippen LogP contribution in [0.1, 0.15) is 27.1 Å². The van der Waals surface area contributed by atoms with E-state index in [2.05, 4.69) is 6.58 Å². The first-order valence-corrected chi connectivity index (χ1v) is 5.39. The molecule has 1 aromatic carbocycles. The molecule has 0 aliphatic carbocycles. The van der Waals surface area contributed by atoms with E-state index in [4.69, 9.17) is 0 Å². The molecule has 0 aromatic heterocycles. The Balaban J connectivity index is 2.21. The Kier molecular flexibility index (Phi) is 3.06. The predicted octanol–water partition coefficient (Wildman–Crippen LogP) is 1.22. The molecule has 0 bridgehead atoms. The number of aliphatic hydroxyl groups is 1. The smallest absolute Gasteiger partial charge is 0.261 e. The third kappa shape index (κ3) is 1.99. The first-order chi connectivity index (χ1) is 8.15. The normalized spacial score (nSPS) is 15.9. The highest BCUT2D eigenvalue weighted by Crippen LogP contribution is 2.22. The quantitative estimate of drug-likeness (QED) is 0.626. The molecule has 4 heteroatoms. The number of nitrogens with zero attached hydrogens (tertiary/aromatic N) is 1. The average molecular weight is 231 g/mol. The molecule has 88 valence electrons. The Morgan fingerprint density at radius 3 is 2.24 bits per heavy atom. The average Bonchev–Trinajstić information content (AvgIpc) is 2.56. The lowest BCUT2D eigenvalue weighted by Crippen LogP contribution is -2.36.